The van der Waals surface area contributed by atoms with Crippen molar-refractivity contribution in [2.45, 2.75) is 49.7 Å². The topological polar surface area (TPSA) is 309 Å². The van der Waals surface area contributed by atoms with Gasteiger partial charge >= 0.3 is 7.82 Å². The molecule has 6 rings (SSSR count). The van der Waals surface area contributed by atoms with Crippen molar-refractivity contribution in [2.75, 3.05) is 24.7 Å². The van der Waals surface area contributed by atoms with E-state index in [1.807, 2.05) is 5.97 Å². The van der Waals surface area contributed by atoms with Gasteiger partial charge in [0.05, 0.1) is 33.1 Å². The number of phosphoric ester groups is 1. The number of nitrogen functional groups attached to an aromatic ring is 2. The van der Waals surface area contributed by atoms with Crippen LogP contribution in [-0.4, -0.2) is 124 Å². The number of nitrogens with two attached hydrogens (primary N) is 2. The molecule has 233 valence electrons. The Morgan fingerprint density at radius 2 is 1.80 bits per heavy atom. The van der Waals surface area contributed by atoms with E-state index in [-0.39, 0.29) is 76.6 Å². The Balaban J connectivity index is 0.00000400. The minimum atomic E-state index is -4.82. The zero-order valence-corrected chi connectivity index (χ0v) is 26.4. The predicted molar refractivity (Wildman–Crippen MR) is 151 cm³/mol. The number of aromatic nitrogens is 8. The summed E-state index contributed by atoms with van der Waals surface area (Å²) in [6.45, 7) is -1.17. The fraction of sp³-hybridized carbons (Fsp3) is 0.476. The van der Waals surface area contributed by atoms with E-state index in [1.54, 1.807) is 0 Å². The number of hydrogen-bond acceptors (Lipinski definition) is 15. The molecule has 0 bridgehead atoms. The molecular formula is C21H25BN11NaO10P. The van der Waals surface area contributed by atoms with Gasteiger partial charge in [0.15, 0.2) is 17.5 Å². The van der Waals surface area contributed by atoms with Gasteiger partial charge in [-0.1, -0.05) is 0 Å². The third-order valence-corrected chi connectivity index (χ3v) is 8.16. The Hall–Kier alpha value is -3.20. The van der Waals surface area contributed by atoms with Crippen molar-refractivity contribution in [1.82, 2.24) is 34.1 Å². The number of anilines is 2. The molecule has 2 saturated heterocycles. The molecule has 2 fully saturated rings. The molecule has 7 atom stereocenters. The molecule has 9 N–H and O–H groups in total. The molecule has 0 spiro atoms. The normalized spacial score (nSPS) is 26.2. The number of aromatic amines is 2. The van der Waals surface area contributed by atoms with Gasteiger partial charge in [-0.25, -0.2) is 9.55 Å². The summed E-state index contributed by atoms with van der Waals surface area (Å²) in [5.74, 6) is 1.47. The number of H-pyrrole nitrogens is 2. The van der Waals surface area contributed by atoms with E-state index >= 15 is 0 Å². The summed E-state index contributed by atoms with van der Waals surface area (Å²) in [6, 6.07) is 0. The fourth-order valence-corrected chi connectivity index (χ4v) is 6.17. The predicted octanol–water partition coefficient (Wildman–Crippen LogP) is -3.69. The molecule has 0 aliphatic carbocycles. The number of nitrogens with zero attached hydrogens (tertiary/aromatic N) is 7. The minimum Gasteiger partial charge on any atom is -0.465 e. The second-order valence-electron chi connectivity index (χ2n) is 9.97. The Labute approximate surface area is 273 Å². The van der Waals surface area contributed by atoms with E-state index in [2.05, 4.69) is 24.9 Å². The molecule has 21 nitrogen and oxygen atoms in total. The van der Waals surface area contributed by atoms with Crippen LogP contribution in [0.25, 0.3) is 22.3 Å². The van der Waals surface area contributed by atoms with E-state index in [0.717, 1.165) is 7.41 Å². The number of hydrogen-bond donors (Lipinski definition) is 7. The van der Waals surface area contributed by atoms with Crippen LogP contribution in [-0.2, 0) is 23.1 Å². The van der Waals surface area contributed by atoms with Gasteiger partial charge in [0.25, 0.3) is 16.8 Å². The van der Waals surface area contributed by atoms with Crippen molar-refractivity contribution in [3.8, 4) is 5.97 Å². The number of nitrogens with one attached hydrogen (secondary N) is 2. The summed E-state index contributed by atoms with van der Waals surface area (Å²) in [5.41, 5.74) is 10.3. The summed E-state index contributed by atoms with van der Waals surface area (Å²) < 4.78 is 39.0. The SMILES string of the molecule is N#C[B-][n+]1cn(C2CC(OP(=O)(O)OCC3OC(n4cnc5c(=O)[nH]c(N)nc54)CC3O)C(CO)O2)c2nc(N)[nH]c(=O)c21.[Na]. The van der Waals surface area contributed by atoms with E-state index < -0.39 is 69.0 Å². The molecule has 4 aromatic heterocycles. The summed E-state index contributed by atoms with van der Waals surface area (Å²) in [6.07, 6.45) is -3.70. The van der Waals surface area contributed by atoms with Gasteiger partial charge in [-0.3, -0.25) is 38.4 Å². The minimum absolute atomic E-state index is 0. The first-order chi connectivity index (χ1) is 21.0. The molecule has 7 unspecified atom stereocenters. The maximum absolute atomic E-state index is 12.9. The van der Waals surface area contributed by atoms with Crippen LogP contribution in [0.1, 0.15) is 25.3 Å². The van der Waals surface area contributed by atoms with E-state index in [1.165, 1.54) is 26.3 Å². The van der Waals surface area contributed by atoms with Crippen LogP contribution in [0, 0.1) is 11.2 Å². The average molecular weight is 656 g/mol. The summed E-state index contributed by atoms with van der Waals surface area (Å²) in [5, 5.41) is 29.6. The Bertz CT molecular complexity index is 1940. The molecule has 0 aromatic carbocycles. The van der Waals surface area contributed by atoms with Gasteiger partial charge in [-0.2, -0.15) is 20.5 Å². The molecule has 0 saturated carbocycles. The molecular weight excluding hydrogens is 631 g/mol. The fourth-order valence-electron chi connectivity index (χ4n) is 5.21. The summed E-state index contributed by atoms with van der Waals surface area (Å²) >= 11 is 0. The summed E-state index contributed by atoms with van der Waals surface area (Å²) in [7, 11) is -3.77. The van der Waals surface area contributed by atoms with Crippen molar-refractivity contribution >= 4 is 79.0 Å². The van der Waals surface area contributed by atoms with Crippen molar-refractivity contribution < 1.29 is 42.7 Å². The number of nitriles is 1. The molecule has 45 heavy (non-hydrogen) atoms. The van der Waals surface area contributed by atoms with Crippen molar-refractivity contribution in [3.05, 3.63) is 33.4 Å². The number of ether oxygens (including phenoxy) is 2. The van der Waals surface area contributed by atoms with Gasteiger partial charge in [0.2, 0.25) is 23.6 Å². The van der Waals surface area contributed by atoms with Gasteiger partial charge in [-0.15, -0.1) is 0 Å². The molecule has 24 heteroatoms. The first-order valence-electron chi connectivity index (χ1n) is 13.0. The molecule has 6 heterocycles. The van der Waals surface area contributed by atoms with E-state index in [4.69, 9.17) is 35.3 Å². The summed E-state index contributed by atoms with van der Waals surface area (Å²) in [4.78, 5) is 51.9. The first kappa shape index (κ1) is 33.2. The smallest absolute Gasteiger partial charge is 0.465 e. The average Bonchev–Trinajstić information content (AvgIpc) is 3.72. The van der Waals surface area contributed by atoms with Crippen LogP contribution in [0.5, 0.6) is 0 Å². The molecule has 2 aliphatic rings. The van der Waals surface area contributed by atoms with E-state index in [0.29, 0.717) is 0 Å². The number of imidazole rings is 2. The van der Waals surface area contributed by atoms with Crippen LogP contribution >= 0.6 is 7.82 Å². The first-order valence-corrected chi connectivity index (χ1v) is 14.5. The van der Waals surface area contributed by atoms with Crippen molar-refractivity contribution in [1.29, 1.82) is 5.26 Å². The maximum atomic E-state index is 12.9. The Morgan fingerprint density at radius 3 is 2.51 bits per heavy atom. The van der Waals surface area contributed by atoms with E-state index in [9.17, 15) is 29.3 Å². The van der Waals surface area contributed by atoms with Gasteiger partial charge in [0.1, 0.15) is 24.5 Å². The van der Waals surface area contributed by atoms with Crippen molar-refractivity contribution in [2.24, 2.45) is 0 Å². The second kappa shape index (κ2) is 12.9. The van der Waals surface area contributed by atoms with Crippen LogP contribution in [0.3, 0.4) is 0 Å². The molecule has 3 radical (unpaired) electrons. The van der Waals surface area contributed by atoms with Crippen LogP contribution in [0.4, 0.5) is 11.9 Å². The number of rotatable bonds is 9. The Kier molecular flexibility index (Phi) is 9.51. The van der Waals surface area contributed by atoms with Gasteiger partial charge < -0.3 is 40.5 Å². The third kappa shape index (κ3) is 6.42. The quantitative estimate of drug-likeness (QED) is 0.0673. The van der Waals surface area contributed by atoms with Gasteiger partial charge in [-0.05, 0) is 0 Å². The number of phosphoric acid groups is 1. The number of fused-ring (bicyclic) bond motifs is 2. The number of aliphatic hydroxyl groups excluding tert-OH is 2. The zero-order chi connectivity index (χ0) is 31.3. The van der Waals surface area contributed by atoms with Crippen molar-refractivity contribution in [3.63, 3.8) is 0 Å². The molecule has 2 aliphatic heterocycles. The Morgan fingerprint density at radius 1 is 1.13 bits per heavy atom. The number of aliphatic hydroxyl groups is 2. The van der Waals surface area contributed by atoms with Crippen LogP contribution in [0.2, 0.25) is 0 Å². The van der Waals surface area contributed by atoms with Crippen LogP contribution in [0.15, 0.2) is 22.2 Å². The standard InChI is InChI=1S/C21H24BN11O10P.Na/c23-5-22-33-7-32(17-15(33)19(37)30-21(25)28-17)13-2-9(10(3-34)41-13)43-44(38,39)40-4-11-8(35)1-12(42-11)31-6-26-14-16(31)27-20(24)29-18(14)36;/h6-13,34-35H,1-4H2,(H6-,24,25,27,28,29,30,36,37,38,39);/q-1;/p+1. The monoisotopic (exact) mass is 656 g/mol. The second-order valence-corrected chi connectivity index (χ2v) is 11.4. The zero-order valence-electron chi connectivity index (χ0n) is 23.5. The molecule has 0 amide bonds. The molecule has 4 aromatic rings. The maximum Gasteiger partial charge on any atom is 0.472 e. The largest absolute Gasteiger partial charge is 0.472 e. The van der Waals surface area contributed by atoms with Crippen LogP contribution < -0.4 is 27.1 Å². The third-order valence-electron chi connectivity index (χ3n) is 7.15. The van der Waals surface area contributed by atoms with Gasteiger partial charge in [0, 0.05) is 42.4 Å².